The number of hydrogen-bond acceptors (Lipinski definition) is 4. The van der Waals surface area contributed by atoms with Crippen molar-refractivity contribution in [3.05, 3.63) is 58.1 Å². The molecule has 33 heavy (non-hydrogen) atoms. The van der Waals surface area contributed by atoms with E-state index in [9.17, 15) is 14.4 Å². The van der Waals surface area contributed by atoms with E-state index in [1.54, 1.807) is 24.2 Å². The number of piperidine rings is 1. The van der Waals surface area contributed by atoms with Gasteiger partial charge in [-0.3, -0.25) is 14.4 Å². The molecule has 0 aromatic heterocycles. The number of nitrogens with one attached hydrogen (secondary N) is 1. The number of likely N-dealkylation sites (tertiary alicyclic amines) is 1. The number of benzene rings is 2. The number of ether oxygens (including phenoxy) is 1. The van der Waals surface area contributed by atoms with E-state index >= 15 is 0 Å². The zero-order chi connectivity index (χ0) is 24.0. The molecule has 3 rings (SSSR count). The van der Waals surface area contributed by atoms with E-state index in [4.69, 9.17) is 33.0 Å². The molecule has 1 heterocycles. The van der Waals surface area contributed by atoms with Crippen LogP contribution in [0.2, 0.25) is 10.0 Å². The number of aliphatic carboxylic acids is 1. The van der Waals surface area contributed by atoms with E-state index in [1.807, 2.05) is 24.3 Å². The lowest BCUT2D eigenvalue weighted by molar-refractivity contribution is -0.139. The van der Waals surface area contributed by atoms with Gasteiger partial charge in [0.2, 0.25) is 11.8 Å². The molecule has 7 nitrogen and oxygen atoms in total. The van der Waals surface area contributed by atoms with Gasteiger partial charge in [0, 0.05) is 42.3 Å². The lowest BCUT2D eigenvalue weighted by Gasteiger charge is -2.30. The second-order valence-electron chi connectivity index (χ2n) is 7.49. The molecule has 173 valence electrons. The summed E-state index contributed by atoms with van der Waals surface area (Å²) in [6.45, 7) is 0.378. The maximum atomic E-state index is 12.8. The van der Waals surface area contributed by atoms with Crippen LogP contribution in [-0.4, -0.2) is 54.5 Å². The lowest BCUT2D eigenvalue weighted by Crippen LogP contribution is -2.43. The van der Waals surface area contributed by atoms with Crippen LogP contribution < -0.4 is 10.1 Å². The van der Waals surface area contributed by atoms with Gasteiger partial charge in [-0.1, -0.05) is 41.4 Å². The third-order valence-corrected chi connectivity index (χ3v) is 6.23. The number of methoxy groups -OCH3 is 1. The van der Waals surface area contributed by atoms with Crippen molar-refractivity contribution in [3.63, 3.8) is 0 Å². The molecule has 1 saturated heterocycles. The number of nitrogens with zero attached hydrogens (tertiary/aromatic N) is 1. The molecule has 0 saturated carbocycles. The van der Waals surface area contributed by atoms with Gasteiger partial charge in [0.25, 0.3) is 0 Å². The zero-order valence-corrected chi connectivity index (χ0v) is 19.4. The van der Waals surface area contributed by atoms with E-state index < -0.39 is 12.5 Å². The predicted molar refractivity (Wildman–Crippen MR) is 126 cm³/mol. The normalized spacial score (nSPS) is 14.3. The Balaban J connectivity index is 1.74. The van der Waals surface area contributed by atoms with Crippen molar-refractivity contribution in [1.82, 2.24) is 10.2 Å². The second kappa shape index (κ2) is 11.2. The number of carboxylic acid groups (broad SMARTS) is 1. The topological polar surface area (TPSA) is 95.9 Å². The molecule has 2 N–H and O–H groups in total. The van der Waals surface area contributed by atoms with Crippen LogP contribution >= 0.6 is 23.2 Å². The van der Waals surface area contributed by atoms with E-state index in [0.717, 1.165) is 11.1 Å². The van der Waals surface area contributed by atoms with Gasteiger partial charge in [0.05, 0.1) is 17.2 Å². The number of rotatable bonds is 7. The van der Waals surface area contributed by atoms with E-state index in [1.165, 1.54) is 6.08 Å². The van der Waals surface area contributed by atoms with Gasteiger partial charge in [-0.05, 0) is 36.6 Å². The van der Waals surface area contributed by atoms with Crippen molar-refractivity contribution in [1.29, 1.82) is 0 Å². The number of carbonyl (C=O) groups excluding carboxylic acids is 2. The second-order valence-corrected chi connectivity index (χ2v) is 8.24. The minimum absolute atomic E-state index is 0.217. The average Bonchev–Trinajstić information content (AvgIpc) is 2.83. The summed E-state index contributed by atoms with van der Waals surface area (Å²) in [4.78, 5) is 37.1. The molecular weight excluding hydrogens is 467 g/mol. The Morgan fingerprint density at radius 1 is 1.21 bits per heavy atom. The Labute approximate surface area is 201 Å². The molecule has 1 fully saturated rings. The fourth-order valence-electron chi connectivity index (χ4n) is 3.70. The Morgan fingerprint density at radius 3 is 2.58 bits per heavy atom. The molecular formula is C24H23Cl2N2O5. The minimum atomic E-state index is -1.09. The number of halogens is 2. The molecule has 0 bridgehead atoms. The molecule has 9 heteroatoms. The van der Waals surface area contributed by atoms with Gasteiger partial charge in [0.1, 0.15) is 12.3 Å². The van der Waals surface area contributed by atoms with Crippen molar-refractivity contribution in [2.75, 3.05) is 26.7 Å². The maximum Gasteiger partial charge on any atom is 0.322 e. The van der Waals surface area contributed by atoms with Crippen LogP contribution in [0.25, 0.3) is 17.2 Å². The van der Waals surface area contributed by atoms with Crippen molar-refractivity contribution in [2.45, 2.75) is 12.8 Å². The fraction of sp³-hybridized carbons (Fsp3) is 0.292. The molecule has 2 aromatic carbocycles. The van der Waals surface area contributed by atoms with E-state index in [0.29, 0.717) is 37.2 Å². The molecule has 2 aromatic rings. The van der Waals surface area contributed by atoms with Gasteiger partial charge >= 0.3 is 5.97 Å². The zero-order valence-electron chi connectivity index (χ0n) is 17.9. The summed E-state index contributed by atoms with van der Waals surface area (Å²) in [6.07, 6.45) is 3.98. The number of hydrogen-bond donors (Lipinski definition) is 2. The first-order valence-corrected chi connectivity index (χ1v) is 11.1. The molecule has 1 aliphatic heterocycles. The van der Waals surface area contributed by atoms with Gasteiger partial charge < -0.3 is 20.1 Å². The highest BCUT2D eigenvalue weighted by molar-refractivity contribution is 6.43. The third-order valence-electron chi connectivity index (χ3n) is 5.44. The summed E-state index contributed by atoms with van der Waals surface area (Å²) in [5, 5.41) is 11.6. The SMILES string of the molecule is COc1ccccc1-c1c[c]c(Cl)c(Cl)c1/C=C/C(=O)N1CCC(C(=O)NCC(=O)O)CC1. The predicted octanol–water partition coefficient (Wildman–Crippen LogP) is 3.92. The van der Waals surface area contributed by atoms with E-state index in [2.05, 4.69) is 11.4 Å². The van der Waals surface area contributed by atoms with Crippen LogP contribution in [-0.2, 0) is 14.4 Å². The Morgan fingerprint density at radius 2 is 1.91 bits per heavy atom. The summed E-state index contributed by atoms with van der Waals surface area (Å²) in [5.41, 5.74) is 2.08. The fourth-order valence-corrected chi connectivity index (χ4v) is 4.07. The largest absolute Gasteiger partial charge is 0.496 e. The summed E-state index contributed by atoms with van der Waals surface area (Å²) in [5.74, 6) is -1.28. The summed E-state index contributed by atoms with van der Waals surface area (Å²) in [7, 11) is 1.57. The highest BCUT2D eigenvalue weighted by Gasteiger charge is 2.26. The van der Waals surface area contributed by atoms with Crippen molar-refractivity contribution in [2.24, 2.45) is 5.92 Å². The van der Waals surface area contributed by atoms with Crippen LogP contribution in [0.5, 0.6) is 5.75 Å². The lowest BCUT2D eigenvalue weighted by atomic mass is 9.95. The summed E-state index contributed by atoms with van der Waals surface area (Å²) >= 11 is 12.6. The van der Waals surface area contributed by atoms with E-state index in [-0.39, 0.29) is 27.8 Å². The van der Waals surface area contributed by atoms with Crippen LogP contribution in [0.3, 0.4) is 0 Å². The van der Waals surface area contributed by atoms with Crippen molar-refractivity contribution < 1.29 is 24.2 Å². The number of carboxylic acids is 1. The van der Waals surface area contributed by atoms with Crippen LogP contribution in [0.1, 0.15) is 18.4 Å². The van der Waals surface area contributed by atoms with Crippen molar-refractivity contribution >= 4 is 47.1 Å². The number of amides is 2. The number of carbonyl (C=O) groups is 3. The van der Waals surface area contributed by atoms with Crippen LogP contribution in [0.15, 0.2) is 36.4 Å². The molecule has 0 aliphatic carbocycles. The quantitative estimate of drug-likeness (QED) is 0.574. The molecule has 1 aliphatic rings. The van der Waals surface area contributed by atoms with Gasteiger partial charge in [-0.2, -0.15) is 0 Å². The average molecular weight is 490 g/mol. The first kappa shape index (κ1) is 24.6. The highest BCUT2D eigenvalue weighted by Crippen LogP contribution is 2.38. The van der Waals surface area contributed by atoms with Crippen LogP contribution in [0, 0.1) is 12.0 Å². The highest BCUT2D eigenvalue weighted by atomic mass is 35.5. The number of para-hydroxylation sites is 1. The standard InChI is InChI=1S/C24H23Cl2N2O5/c1-33-20-5-3-2-4-17(20)16-6-8-19(25)23(26)18(16)7-9-21(29)28-12-10-15(11-13-28)24(32)27-14-22(30)31/h2-7,9,15H,10-14H2,1H3,(H,27,32)(H,30,31)/b9-7+. The molecule has 1 radical (unpaired) electrons. The summed E-state index contributed by atoms with van der Waals surface area (Å²) in [6, 6.07) is 12.1. The Hall–Kier alpha value is -3.03. The van der Waals surface area contributed by atoms with Crippen molar-refractivity contribution in [3.8, 4) is 16.9 Å². The first-order chi connectivity index (χ1) is 15.8. The minimum Gasteiger partial charge on any atom is -0.496 e. The van der Waals surface area contributed by atoms with Crippen LogP contribution in [0.4, 0.5) is 0 Å². The van der Waals surface area contributed by atoms with Gasteiger partial charge in [-0.25, -0.2) is 0 Å². The van der Waals surface area contributed by atoms with Gasteiger partial charge in [-0.15, -0.1) is 0 Å². The molecule has 0 unspecified atom stereocenters. The smallest absolute Gasteiger partial charge is 0.322 e. The molecule has 0 atom stereocenters. The summed E-state index contributed by atoms with van der Waals surface area (Å²) < 4.78 is 5.45. The Kier molecular flexibility index (Phi) is 8.36. The third kappa shape index (κ3) is 6.06. The van der Waals surface area contributed by atoms with Gasteiger partial charge in [0.15, 0.2) is 0 Å². The maximum absolute atomic E-state index is 12.8. The first-order valence-electron chi connectivity index (χ1n) is 10.3. The monoisotopic (exact) mass is 489 g/mol. The molecule has 0 spiro atoms. The Bertz CT molecular complexity index is 1080. The molecule has 2 amide bonds.